The SMILES string of the molecule is CC1CC(O)(c2ccccc2)CC(COc2cc(C(F)(F)F)c3c(c2)ncn3C2CC(C)(O)C2)N1. The number of alkyl halides is 3. The maximum Gasteiger partial charge on any atom is 0.418 e. The number of hydrogen-bond donors (Lipinski definition) is 3. The molecule has 0 amide bonds. The summed E-state index contributed by atoms with van der Waals surface area (Å²) in [5, 5.41) is 24.8. The average Bonchev–Trinajstić information content (AvgIpc) is 3.18. The largest absolute Gasteiger partial charge is 0.492 e. The summed E-state index contributed by atoms with van der Waals surface area (Å²) in [7, 11) is 0. The Morgan fingerprint density at radius 3 is 2.49 bits per heavy atom. The van der Waals surface area contributed by atoms with E-state index in [1.165, 1.54) is 17.0 Å². The van der Waals surface area contributed by atoms with Gasteiger partial charge in [0.15, 0.2) is 0 Å². The molecule has 5 rings (SSSR count). The predicted octanol–water partition coefficient (Wildman–Crippen LogP) is 4.55. The minimum atomic E-state index is -4.59. The molecule has 3 aromatic rings. The number of rotatable bonds is 5. The highest BCUT2D eigenvalue weighted by atomic mass is 19.4. The van der Waals surface area contributed by atoms with Crippen LogP contribution in [0.2, 0.25) is 0 Å². The van der Waals surface area contributed by atoms with Gasteiger partial charge in [-0.1, -0.05) is 30.3 Å². The number of aromatic nitrogens is 2. The Kier molecular flexibility index (Phi) is 5.85. The van der Waals surface area contributed by atoms with Crippen LogP contribution in [0.4, 0.5) is 13.2 Å². The van der Waals surface area contributed by atoms with Crippen LogP contribution in [0.3, 0.4) is 0 Å². The Labute approximate surface area is 201 Å². The molecule has 3 atom stereocenters. The Bertz CT molecular complexity index is 1200. The molecule has 3 N–H and O–H groups in total. The third-order valence-electron chi connectivity index (χ3n) is 7.20. The molecule has 1 saturated carbocycles. The first-order valence-electron chi connectivity index (χ1n) is 11.9. The van der Waals surface area contributed by atoms with Crippen LogP contribution in [-0.4, -0.2) is 44.1 Å². The van der Waals surface area contributed by atoms with Gasteiger partial charge in [0.1, 0.15) is 12.4 Å². The highest BCUT2D eigenvalue weighted by Crippen LogP contribution is 2.45. The van der Waals surface area contributed by atoms with Crippen molar-refractivity contribution in [1.29, 1.82) is 0 Å². The summed E-state index contributed by atoms with van der Waals surface area (Å²) in [4.78, 5) is 4.22. The molecule has 1 saturated heterocycles. The minimum Gasteiger partial charge on any atom is -0.492 e. The summed E-state index contributed by atoms with van der Waals surface area (Å²) in [6, 6.07) is 11.5. The van der Waals surface area contributed by atoms with Crippen molar-refractivity contribution in [3.63, 3.8) is 0 Å². The Morgan fingerprint density at radius 1 is 1.11 bits per heavy atom. The van der Waals surface area contributed by atoms with Gasteiger partial charge in [0.25, 0.3) is 0 Å². The third-order valence-corrected chi connectivity index (χ3v) is 7.20. The number of aliphatic hydroxyl groups is 2. The highest BCUT2D eigenvalue weighted by molar-refractivity contribution is 5.82. The molecular weight excluding hydrogens is 459 g/mol. The summed E-state index contributed by atoms with van der Waals surface area (Å²) in [5.41, 5.74) is -1.68. The van der Waals surface area contributed by atoms with E-state index in [4.69, 9.17) is 4.74 Å². The Balaban J connectivity index is 1.38. The molecule has 0 radical (unpaired) electrons. The Morgan fingerprint density at radius 2 is 1.83 bits per heavy atom. The number of nitrogens with zero attached hydrogens (tertiary/aromatic N) is 2. The third kappa shape index (κ3) is 4.77. The van der Waals surface area contributed by atoms with Gasteiger partial charge in [0.05, 0.1) is 34.1 Å². The molecule has 2 aliphatic rings. The van der Waals surface area contributed by atoms with Crippen molar-refractivity contribution in [2.45, 2.75) is 75.0 Å². The lowest BCUT2D eigenvalue weighted by Crippen LogP contribution is -2.53. The lowest BCUT2D eigenvalue weighted by Gasteiger charge is -2.42. The van der Waals surface area contributed by atoms with Crippen LogP contribution in [0.1, 0.15) is 56.7 Å². The maximum atomic E-state index is 14.0. The summed E-state index contributed by atoms with van der Waals surface area (Å²) < 4.78 is 49.5. The number of fused-ring (bicyclic) bond motifs is 1. The van der Waals surface area contributed by atoms with Gasteiger partial charge in [-0.15, -0.1) is 0 Å². The van der Waals surface area contributed by atoms with E-state index in [2.05, 4.69) is 10.3 Å². The molecule has 1 aliphatic heterocycles. The highest BCUT2D eigenvalue weighted by Gasteiger charge is 2.42. The van der Waals surface area contributed by atoms with Crippen LogP contribution in [-0.2, 0) is 11.8 Å². The summed E-state index contributed by atoms with van der Waals surface area (Å²) >= 11 is 0. The molecule has 6 nitrogen and oxygen atoms in total. The second kappa shape index (κ2) is 8.50. The average molecular weight is 490 g/mol. The van der Waals surface area contributed by atoms with Crippen molar-refractivity contribution in [3.05, 3.63) is 59.9 Å². The zero-order chi connectivity index (χ0) is 25.0. The van der Waals surface area contributed by atoms with E-state index in [0.29, 0.717) is 25.7 Å². The fourth-order valence-electron chi connectivity index (χ4n) is 5.68. The van der Waals surface area contributed by atoms with E-state index >= 15 is 0 Å². The molecule has 2 heterocycles. The zero-order valence-electron chi connectivity index (χ0n) is 19.7. The van der Waals surface area contributed by atoms with E-state index in [9.17, 15) is 23.4 Å². The van der Waals surface area contributed by atoms with Gasteiger partial charge in [0.2, 0.25) is 0 Å². The molecule has 2 fully saturated rings. The van der Waals surface area contributed by atoms with Gasteiger partial charge in [-0.05, 0) is 51.2 Å². The fourth-order valence-corrected chi connectivity index (χ4v) is 5.68. The number of ether oxygens (including phenoxy) is 1. The van der Waals surface area contributed by atoms with Crippen molar-refractivity contribution < 1.29 is 28.1 Å². The van der Waals surface area contributed by atoms with Gasteiger partial charge in [0, 0.05) is 24.2 Å². The summed E-state index contributed by atoms with van der Waals surface area (Å²) in [6.07, 6.45) is -1.51. The predicted molar refractivity (Wildman–Crippen MR) is 125 cm³/mol. The molecular formula is C26H30F3N3O3. The minimum absolute atomic E-state index is 0.00570. The normalized spacial score (nSPS) is 31.3. The van der Waals surface area contributed by atoms with Crippen LogP contribution < -0.4 is 10.1 Å². The molecule has 9 heteroatoms. The van der Waals surface area contributed by atoms with E-state index in [1.54, 1.807) is 6.92 Å². The standard InChI is InChI=1S/C26H30F3N3O3/c1-16-10-25(34,17-6-4-3-5-7-17)11-18(31-16)14-35-20-8-21(26(27,28)29)23-22(9-20)30-15-32(23)19-12-24(2,33)13-19/h3-9,15-16,18-19,31,33-34H,10-14H2,1-2H3. The van der Waals surface area contributed by atoms with E-state index in [0.717, 1.165) is 11.6 Å². The number of nitrogens with one attached hydrogen (secondary N) is 1. The molecule has 1 aliphatic carbocycles. The Hall–Kier alpha value is -2.62. The second-order valence-electron chi connectivity index (χ2n) is 10.4. The summed E-state index contributed by atoms with van der Waals surface area (Å²) in [5.74, 6) is 0.0824. The van der Waals surface area contributed by atoms with Gasteiger partial charge >= 0.3 is 6.18 Å². The first-order valence-corrected chi connectivity index (χ1v) is 11.9. The van der Waals surface area contributed by atoms with E-state index in [-0.39, 0.29) is 41.5 Å². The molecule has 188 valence electrons. The first kappa shape index (κ1) is 24.1. The van der Waals surface area contributed by atoms with Crippen molar-refractivity contribution >= 4 is 11.0 Å². The number of piperidine rings is 1. The topological polar surface area (TPSA) is 79.5 Å². The molecule has 35 heavy (non-hydrogen) atoms. The van der Waals surface area contributed by atoms with Gasteiger partial charge in [-0.2, -0.15) is 13.2 Å². The van der Waals surface area contributed by atoms with Gasteiger partial charge < -0.3 is 24.8 Å². The monoisotopic (exact) mass is 489 g/mol. The number of benzene rings is 2. The fraction of sp³-hybridized carbons (Fsp3) is 0.500. The van der Waals surface area contributed by atoms with E-state index < -0.39 is 22.9 Å². The molecule has 0 spiro atoms. The van der Waals surface area contributed by atoms with Crippen LogP contribution in [0, 0.1) is 0 Å². The number of halogens is 3. The van der Waals surface area contributed by atoms with Crippen molar-refractivity contribution in [3.8, 4) is 5.75 Å². The first-order chi connectivity index (χ1) is 16.4. The van der Waals surface area contributed by atoms with Crippen LogP contribution in [0.15, 0.2) is 48.8 Å². The van der Waals surface area contributed by atoms with Crippen LogP contribution >= 0.6 is 0 Å². The number of imidazole rings is 1. The van der Waals surface area contributed by atoms with Crippen molar-refractivity contribution in [2.24, 2.45) is 0 Å². The summed E-state index contributed by atoms with van der Waals surface area (Å²) in [6.45, 7) is 3.76. The quantitative estimate of drug-likeness (QED) is 0.490. The smallest absolute Gasteiger partial charge is 0.418 e. The van der Waals surface area contributed by atoms with Crippen LogP contribution in [0.5, 0.6) is 5.75 Å². The van der Waals surface area contributed by atoms with Crippen molar-refractivity contribution in [2.75, 3.05) is 6.61 Å². The lowest BCUT2D eigenvalue weighted by molar-refractivity contribution is -0.136. The molecule has 0 bridgehead atoms. The van der Waals surface area contributed by atoms with Gasteiger partial charge in [-0.25, -0.2) is 4.98 Å². The van der Waals surface area contributed by atoms with Gasteiger partial charge in [-0.3, -0.25) is 0 Å². The second-order valence-corrected chi connectivity index (χ2v) is 10.4. The number of hydrogen-bond acceptors (Lipinski definition) is 5. The van der Waals surface area contributed by atoms with Crippen molar-refractivity contribution in [1.82, 2.24) is 14.9 Å². The maximum absolute atomic E-state index is 14.0. The molecule has 2 aromatic carbocycles. The van der Waals surface area contributed by atoms with Crippen LogP contribution in [0.25, 0.3) is 11.0 Å². The lowest BCUT2D eigenvalue weighted by atomic mass is 9.77. The zero-order valence-corrected chi connectivity index (χ0v) is 19.7. The molecule has 3 unspecified atom stereocenters. The molecule has 1 aromatic heterocycles. The van der Waals surface area contributed by atoms with E-state index in [1.807, 2.05) is 37.3 Å².